The van der Waals surface area contributed by atoms with Crippen molar-refractivity contribution in [3.63, 3.8) is 0 Å². The third-order valence-corrected chi connectivity index (χ3v) is 4.63. The van der Waals surface area contributed by atoms with E-state index in [9.17, 15) is 14.9 Å². The molecule has 1 aliphatic carbocycles. The highest BCUT2D eigenvalue weighted by molar-refractivity contribution is 6.34. The lowest BCUT2D eigenvalue weighted by atomic mass is 10.1. The van der Waals surface area contributed by atoms with Crippen molar-refractivity contribution in [3.8, 4) is 0 Å². The molecule has 0 saturated heterocycles. The number of nitrogens with one attached hydrogen (secondary N) is 2. The summed E-state index contributed by atoms with van der Waals surface area (Å²) in [7, 11) is 0. The molecular formula is C18H18ClN3O3. The van der Waals surface area contributed by atoms with Gasteiger partial charge in [0.2, 0.25) is 0 Å². The zero-order valence-electron chi connectivity index (χ0n) is 13.5. The molecule has 0 radical (unpaired) electrons. The second kappa shape index (κ2) is 7.53. The molecular weight excluding hydrogens is 342 g/mol. The number of rotatable bonds is 5. The van der Waals surface area contributed by atoms with E-state index in [0.29, 0.717) is 16.4 Å². The van der Waals surface area contributed by atoms with Crippen LogP contribution in [0.25, 0.3) is 0 Å². The Hall–Kier alpha value is -2.60. The zero-order valence-corrected chi connectivity index (χ0v) is 14.3. The predicted molar refractivity (Wildman–Crippen MR) is 98.4 cm³/mol. The van der Waals surface area contributed by atoms with Gasteiger partial charge in [0.05, 0.1) is 21.2 Å². The maximum atomic E-state index is 12.7. The van der Waals surface area contributed by atoms with Crippen LogP contribution in [0.1, 0.15) is 36.0 Å². The monoisotopic (exact) mass is 359 g/mol. The maximum absolute atomic E-state index is 12.7. The maximum Gasteiger partial charge on any atom is 0.270 e. The first-order chi connectivity index (χ1) is 12.0. The average Bonchev–Trinajstić information content (AvgIpc) is 3.10. The van der Waals surface area contributed by atoms with Crippen molar-refractivity contribution in [2.45, 2.75) is 31.7 Å². The van der Waals surface area contributed by atoms with Crippen molar-refractivity contribution >= 4 is 34.6 Å². The molecule has 0 aromatic heterocycles. The van der Waals surface area contributed by atoms with Crippen LogP contribution >= 0.6 is 11.6 Å². The molecule has 0 unspecified atom stereocenters. The topological polar surface area (TPSA) is 84.3 Å². The number of anilines is 2. The first-order valence-electron chi connectivity index (χ1n) is 8.15. The molecule has 3 rings (SSSR count). The number of amides is 1. The van der Waals surface area contributed by atoms with Crippen LogP contribution in [0.15, 0.2) is 42.5 Å². The van der Waals surface area contributed by atoms with Gasteiger partial charge in [0.15, 0.2) is 0 Å². The molecule has 2 aromatic carbocycles. The minimum absolute atomic E-state index is 0.124. The molecule has 0 atom stereocenters. The number of benzene rings is 2. The minimum Gasteiger partial charge on any atom is -0.382 e. The van der Waals surface area contributed by atoms with Gasteiger partial charge in [-0.05, 0) is 31.0 Å². The van der Waals surface area contributed by atoms with E-state index in [1.807, 2.05) is 0 Å². The second-order valence-electron chi connectivity index (χ2n) is 6.05. The van der Waals surface area contributed by atoms with Crippen LogP contribution < -0.4 is 10.6 Å². The number of carbonyl (C=O) groups excluding carboxylic acids is 1. The highest BCUT2D eigenvalue weighted by Gasteiger charge is 2.21. The SMILES string of the molecule is O=C(Nc1ccccc1Cl)c1cc([N+](=O)[O-])ccc1NC1CCCC1. The Morgan fingerprint density at radius 2 is 1.84 bits per heavy atom. The molecule has 1 aliphatic rings. The molecule has 130 valence electrons. The van der Waals surface area contributed by atoms with E-state index < -0.39 is 10.8 Å². The number of hydrogen-bond donors (Lipinski definition) is 2. The Bertz CT molecular complexity index is 804. The van der Waals surface area contributed by atoms with Gasteiger partial charge in [0.25, 0.3) is 11.6 Å². The van der Waals surface area contributed by atoms with Crippen LogP contribution in [0.4, 0.5) is 17.1 Å². The van der Waals surface area contributed by atoms with Crippen LogP contribution in [0, 0.1) is 10.1 Å². The summed E-state index contributed by atoms with van der Waals surface area (Å²) in [5, 5.41) is 17.6. The molecule has 0 spiro atoms. The van der Waals surface area contributed by atoms with Crippen molar-refractivity contribution in [2.24, 2.45) is 0 Å². The number of nitro groups is 1. The van der Waals surface area contributed by atoms with E-state index >= 15 is 0 Å². The first kappa shape index (κ1) is 17.2. The minimum atomic E-state index is -0.508. The molecule has 1 saturated carbocycles. The molecule has 6 nitrogen and oxygen atoms in total. The lowest BCUT2D eigenvalue weighted by Crippen LogP contribution is -2.20. The summed E-state index contributed by atoms with van der Waals surface area (Å²) in [5.41, 5.74) is 1.18. The highest BCUT2D eigenvalue weighted by atomic mass is 35.5. The quantitative estimate of drug-likeness (QED) is 0.590. The van der Waals surface area contributed by atoms with Crippen molar-refractivity contribution in [1.29, 1.82) is 0 Å². The van der Waals surface area contributed by atoms with Gasteiger partial charge in [-0.1, -0.05) is 36.6 Å². The Balaban J connectivity index is 1.90. The van der Waals surface area contributed by atoms with E-state index in [-0.39, 0.29) is 17.3 Å². The Morgan fingerprint density at radius 3 is 2.52 bits per heavy atom. The first-order valence-corrected chi connectivity index (χ1v) is 8.53. The number of non-ortho nitro benzene ring substituents is 1. The van der Waals surface area contributed by atoms with Crippen molar-refractivity contribution in [2.75, 3.05) is 10.6 Å². The fraction of sp³-hybridized carbons (Fsp3) is 0.278. The molecule has 1 amide bonds. The van der Waals surface area contributed by atoms with Gasteiger partial charge in [0.1, 0.15) is 0 Å². The molecule has 2 N–H and O–H groups in total. The van der Waals surface area contributed by atoms with Crippen molar-refractivity contribution in [1.82, 2.24) is 0 Å². The van der Waals surface area contributed by atoms with Gasteiger partial charge in [-0.15, -0.1) is 0 Å². The molecule has 0 bridgehead atoms. The van der Waals surface area contributed by atoms with E-state index in [4.69, 9.17) is 11.6 Å². The van der Waals surface area contributed by atoms with E-state index in [0.717, 1.165) is 25.7 Å². The zero-order chi connectivity index (χ0) is 17.8. The van der Waals surface area contributed by atoms with Crippen molar-refractivity contribution in [3.05, 3.63) is 63.2 Å². The number of nitro benzene ring substituents is 1. The fourth-order valence-electron chi connectivity index (χ4n) is 3.00. The highest BCUT2D eigenvalue weighted by Crippen LogP contribution is 2.29. The standard InChI is InChI=1S/C18H18ClN3O3/c19-15-7-3-4-8-17(15)21-18(23)14-11-13(22(24)25)9-10-16(14)20-12-5-1-2-6-12/h3-4,7-12,20H,1-2,5-6H2,(H,21,23). The summed E-state index contributed by atoms with van der Waals surface area (Å²) < 4.78 is 0. The molecule has 7 heteroatoms. The van der Waals surface area contributed by atoms with Gasteiger partial charge in [-0.2, -0.15) is 0 Å². The van der Waals surface area contributed by atoms with Gasteiger partial charge in [-0.25, -0.2) is 0 Å². The smallest absolute Gasteiger partial charge is 0.270 e. The summed E-state index contributed by atoms with van der Waals surface area (Å²) in [6.07, 6.45) is 4.35. The number of nitrogens with zero attached hydrogens (tertiary/aromatic N) is 1. The normalized spacial score (nSPS) is 14.3. The average molecular weight is 360 g/mol. The van der Waals surface area contributed by atoms with Gasteiger partial charge in [0, 0.05) is 23.9 Å². The Kier molecular flexibility index (Phi) is 5.19. The van der Waals surface area contributed by atoms with Crippen LogP contribution in [-0.2, 0) is 0 Å². The summed E-state index contributed by atoms with van der Waals surface area (Å²) in [5.74, 6) is -0.433. The van der Waals surface area contributed by atoms with Gasteiger partial charge >= 0.3 is 0 Å². The third kappa shape index (κ3) is 4.09. The molecule has 0 heterocycles. The lowest BCUT2D eigenvalue weighted by molar-refractivity contribution is -0.384. The number of halogens is 1. The molecule has 25 heavy (non-hydrogen) atoms. The number of para-hydroxylation sites is 1. The van der Waals surface area contributed by atoms with Crippen LogP contribution in [0.2, 0.25) is 5.02 Å². The summed E-state index contributed by atoms with van der Waals surface area (Å²) >= 11 is 6.08. The number of carbonyl (C=O) groups is 1. The Morgan fingerprint density at radius 1 is 1.12 bits per heavy atom. The van der Waals surface area contributed by atoms with E-state index in [1.165, 1.54) is 12.1 Å². The molecule has 0 aliphatic heterocycles. The third-order valence-electron chi connectivity index (χ3n) is 4.30. The van der Waals surface area contributed by atoms with Crippen molar-refractivity contribution < 1.29 is 9.72 Å². The molecule has 1 fully saturated rings. The van der Waals surface area contributed by atoms with E-state index in [2.05, 4.69) is 10.6 Å². The van der Waals surface area contributed by atoms with Crippen LogP contribution in [0.3, 0.4) is 0 Å². The lowest BCUT2D eigenvalue weighted by Gasteiger charge is -2.17. The predicted octanol–water partition coefficient (Wildman–Crippen LogP) is 4.86. The van der Waals surface area contributed by atoms with Gasteiger partial charge in [-0.3, -0.25) is 14.9 Å². The Labute approximate surface area is 150 Å². The summed E-state index contributed by atoms with van der Waals surface area (Å²) in [4.78, 5) is 23.3. The fourth-order valence-corrected chi connectivity index (χ4v) is 3.18. The summed E-state index contributed by atoms with van der Waals surface area (Å²) in [6.45, 7) is 0. The van der Waals surface area contributed by atoms with Crippen LogP contribution in [0.5, 0.6) is 0 Å². The number of hydrogen-bond acceptors (Lipinski definition) is 4. The molecule has 2 aromatic rings. The summed E-state index contributed by atoms with van der Waals surface area (Å²) in [6, 6.07) is 11.5. The van der Waals surface area contributed by atoms with E-state index in [1.54, 1.807) is 30.3 Å². The second-order valence-corrected chi connectivity index (χ2v) is 6.45. The van der Waals surface area contributed by atoms with Crippen LogP contribution in [-0.4, -0.2) is 16.9 Å². The largest absolute Gasteiger partial charge is 0.382 e. The van der Waals surface area contributed by atoms with Gasteiger partial charge < -0.3 is 10.6 Å².